The van der Waals surface area contributed by atoms with Crippen molar-refractivity contribution in [2.24, 2.45) is 0 Å². The van der Waals surface area contributed by atoms with E-state index in [2.05, 4.69) is 10.3 Å². The molecule has 2 aromatic carbocycles. The number of hydrogen-bond donors (Lipinski definition) is 1. The van der Waals surface area contributed by atoms with E-state index in [1.807, 2.05) is 41.0 Å². The number of fused-ring (bicyclic) bond motifs is 3. The first kappa shape index (κ1) is 18.7. The van der Waals surface area contributed by atoms with E-state index < -0.39 is 0 Å². The molecule has 0 aliphatic carbocycles. The van der Waals surface area contributed by atoms with Gasteiger partial charge in [0.1, 0.15) is 6.54 Å². The number of amides is 1. The summed E-state index contributed by atoms with van der Waals surface area (Å²) in [6.45, 7) is 2.62. The van der Waals surface area contributed by atoms with Gasteiger partial charge in [-0.05, 0) is 36.8 Å². The molecule has 0 saturated heterocycles. The monoisotopic (exact) mass is 387 g/mol. The van der Waals surface area contributed by atoms with E-state index >= 15 is 0 Å². The minimum Gasteiger partial charge on any atom is -0.462 e. The van der Waals surface area contributed by atoms with E-state index in [4.69, 9.17) is 4.74 Å². The Morgan fingerprint density at radius 2 is 1.86 bits per heavy atom. The van der Waals surface area contributed by atoms with E-state index in [1.165, 1.54) is 0 Å². The number of para-hydroxylation sites is 1. The molecule has 0 bridgehead atoms. The molecule has 4 aromatic rings. The molecule has 0 fully saturated rings. The van der Waals surface area contributed by atoms with Gasteiger partial charge in [-0.25, -0.2) is 4.79 Å². The van der Waals surface area contributed by atoms with Crippen LogP contribution in [0.1, 0.15) is 22.8 Å². The zero-order valence-corrected chi connectivity index (χ0v) is 16.1. The highest BCUT2D eigenvalue weighted by atomic mass is 16.5. The SMILES string of the molecule is CCOC(=O)c1cccc(CNC(=O)Cn2c3ccccc3c3ccncc32)c1. The molecule has 2 aromatic heterocycles. The highest BCUT2D eigenvalue weighted by Crippen LogP contribution is 2.27. The summed E-state index contributed by atoms with van der Waals surface area (Å²) in [5.41, 5.74) is 3.24. The summed E-state index contributed by atoms with van der Waals surface area (Å²) in [6.07, 6.45) is 3.54. The third kappa shape index (κ3) is 3.82. The molecule has 0 aliphatic rings. The Morgan fingerprint density at radius 3 is 2.72 bits per heavy atom. The van der Waals surface area contributed by atoms with Crippen LogP contribution in [-0.2, 0) is 22.6 Å². The Kier molecular flexibility index (Phi) is 5.24. The zero-order chi connectivity index (χ0) is 20.2. The molecule has 29 heavy (non-hydrogen) atoms. The molecule has 6 heteroatoms. The van der Waals surface area contributed by atoms with Crippen molar-refractivity contribution >= 4 is 33.7 Å². The summed E-state index contributed by atoms with van der Waals surface area (Å²) in [4.78, 5) is 28.7. The number of pyridine rings is 1. The number of carbonyl (C=O) groups excluding carboxylic acids is 2. The highest BCUT2D eigenvalue weighted by Gasteiger charge is 2.13. The maximum atomic E-state index is 12.6. The van der Waals surface area contributed by atoms with E-state index in [-0.39, 0.29) is 18.4 Å². The second-order valence-electron chi connectivity index (χ2n) is 6.69. The van der Waals surface area contributed by atoms with Crippen LogP contribution in [0.25, 0.3) is 21.8 Å². The molecule has 1 N–H and O–H groups in total. The molecule has 4 rings (SSSR count). The topological polar surface area (TPSA) is 73.2 Å². The molecule has 0 radical (unpaired) electrons. The van der Waals surface area contributed by atoms with Crippen LogP contribution in [0.3, 0.4) is 0 Å². The quantitative estimate of drug-likeness (QED) is 0.512. The van der Waals surface area contributed by atoms with E-state index in [0.717, 1.165) is 27.4 Å². The van der Waals surface area contributed by atoms with Crippen LogP contribution in [0.15, 0.2) is 67.0 Å². The molecular formula is C23H21N3O3. The van der Waals surface area contributed by atoms with E-state index in [0.29, 0.717) is 18.7 Å². The summed E-state index contributed by atoms with van der Waals surface area (Å²) >= 11 is 0. The Balaban J connectivity index is 1.51. The van der Waals surface area contributed by atoms with Gasteiger partial charge < -0.3 is 14.6 Å². The van der Waals surface area contributed by atoms with Gasteiger partial charge in [0, 0.05) is 29.0 Å². The van der Waals surface area contributed by atoms with Gasteiger partial charge in [-0.1, -0.05) is 30.3 Å². The number of nitrogens with one attached hydrogen (secondary N) is 1. The molecule has 146 valence electrons. The number of nitrogens with zero attached hydrogens (tertiary/aromatic N) is 2. The minimum atomic E-state index is -0.363. The summed E-state index contributed by atoms with van der Waals surface area (Å²) in [5, 5.41) is 5.10. The molecule has 2 heterocycles. The van der Waals surface area contributed by atoms with Crippen molar-refractivity contribution in [2.45, 2.75) is 20.0 Å². The van der Waals surface area contributed by atoms with Crippen LogP contribution in [0, 0.1) is 0 Å². The predicted molar refractivity (Wildman–Crippen MR) is 111 cm³/mol. The maximum Gasteiger partial charge on any atom is 0.338 e. The maximum absolute atomic E-state index is 12.6. The smallest absolute Gasteiger partial charge is 0.338 e. The standard InChI is InChI=1S/C23H21N3O3/c1-2-29-23(28)17-7-5-6-16(12-17)13-25-22(27)15-26-20-9-4-3-8-18(20)19-10-11-24-14-21(19)26/h3-12,14H,2,13,15H2,1H3,(H,25,27). The number of hydrogen-bond acceptors (Lipinski definition) is 4. The van der Waals surface area contributed by atoms with Gasteiger partial charge in [-0.2, -0.15) is 0 Å². The van der Waals surface area contributed by atoms with Crippen molar-refractivity contribution in [3.63, 3.8) is 0 Å². The van der Waals surface area contributed by atoms with Crippen molar-refractivity contribution in [1.82, 2.24) is 14.9 Å². The lowest BCUT2D eigenvalue weighted by atomic mass is 10.1. The Bertz CT molecular complexity index is 1140. The predicted octanol–water partition coefficient (Wildman–Crippen LogP) is 3.68. The van der Waals surface area contributed by atoms with Crippen molar-refractivity contribution in [1.29, 1.82) is 0 Å². The lowest BCUT2D eigenvalue weighted by Crippen LogP contribution is -2.27. The van der Waals surface area contributed by atoms with Crippen LogP contribution in [0.5, 0.6) is 0 Å². The van der Waals surface area contributed by atoms with Gasteiger partial charge >= 0.3 is 5.97 Å². The third-order valence-corrected chi connectivity index (χ3v) is 4.81. The molecule has 6 nitrogen and oxygen atoms in total. The Labute approximate surface area is 168 Å². The molecule has 0 aliphatic heterocycles. The number of ether oxygens (including phenoxy) is 1. The largest absolute Gasteiger partial charge is 0.462 e. The van der Waals surface area contributed by atoms with E-state index in [9.17, 15) is 9.59 Å². The summed E-state index contributed by atoms with van der Waals surface area (Å²) in [5.74, 6) is -0.475. The first-order chi connectivity index (χ1) is 14.2. The van der Waals surface area contributed by atoms with E-state index in [1.54, 1.807) is 37.5 Å². The van der Waals surface area contributed by atoms with Crippen LogP contribution in [-0.4, -0.2) is 28.0 Å². The molecule has 0 atom stereocenters. The van der Waals surface area contributed by atoms with Crippen LogP contribution in [0.4, 0.5) is 0 Å². The molecule has 1 amide bonds. The number of esters is 1. The fraction of sp³-hybridized carbons (Fsp3) is 0.174. The summed E-state index contributed by atoms with van der Waals surface area (Å²) in [6, 6.07) is 17.1. The zero-order valence-electron chi connectivity index (χ0n) is 16.1. The average molecular weight is 387 g/mol. The van der Waals surface area contributed by atoms with Gasteiger partial charge in [-0.15, -0.1) is 0 Å². The number of benzene rings is 2. The second-order valence-corrected chi connectivity index (χ2v) is 6.69. The van der Waals surface area contributed by atoms with Gasteiger partial charge in [0.15, 0.2) is 0 Å². The third-order valence-electron chi connectivity index (χ3n) is 4.81. The molecule has 0 spiro atoms. The number of carbonyl (C=O) groups is 2. The summed E-state index contributed by atoms with van der Waals surface area (Å²) < 4.78 is 7.00. The van der Waals surface area contributed by atoms with Crippen molar-refractivity contribution < 1.29 is 14.3 Å². The van der Waals surface area contributed by atoms with Gasteiger partial charge in [-0.3, -0.25) is 9.78 Å². The van der Waals surface area contributed by atoms with Gasteiger partial charge in [0.05, 0.1) is 23.9 Å². The van der Waals surface area contributed by atoms with Crippen molar-refractivity contribution in [3.8, 4) is 0 Å². The fourth-order valence-electron chi connectivity index (χ4n) is 3.49. The lowest BCUT2D eigenvalue weighted by Gasteiger charge is -2.09. The fourth-order valence-corrected chi connectivity index (χ4v) is 3.49. The first-order valence-electron chi connectivity index (χ1n) is 9.51. The minimum absolute atomic E-state index is 0.113. The normalized spacial score (nSPS) is 10.9. The first-order valence-corrected chi connectivity index (χ1v) is 9.51. The molecular weight excluding hydrogens is 366 g/mol. The van der Waals surface area contributed by atoms with Crippen molar-refractivity contribution in [2.75, 3.05) is 6.61 Å². The van der Waals surface area contributed by atoms with Gasteiger partial charge in [0.25, 0.3) is 0 Å². The molecule has 0 saturated carbocycles. The van der Waals surface area contributed by atoms with Crippen LogP contribution < -0.4 is 5.32 Å². The van der Waals surface area contributed by atoms with Crippen LogP contribution in [0.2, 0.25) is 0 Å². The van der Waals surface area contributed by atoms with Crippen molar-refractivity contribution in [3.05, 3.63) is 78.1 Å². The number of rotatable bonds is 6. The second kappa shape index (κ2) is 8.14. The average Bonchev–Trinajstić information content (AvgIpc) is 3.07. The highest BCUT2D eigenvalue weighted by molar-refractivity contribution is 6.08. The van der Waals surface area contributed by atoms with Crippen LogP contribution >= 0.6 is 0 Å². The summed E-state index contributed by atoms with van der Waals surface area (Å²) in [7, 11) is 0. The molecule has 0 unspecified atom stereocenters. The van der Waals surface area contributed by atoms with Gasteiger partial charge in [0.2, 0.25) is 5.91 Å². The number of aromatic nitrogens is 2. The Morgan fingerprint density at radius 1 is 1.03 bits per heavy atom. The lowest BCUT2D eigenvalue weighted by molar-refractivity contribution is -0.121. The Hall–Kier alpha value is -3.67.